The summed E-state index contributed by atoms with van der Waals surface area (Å²) in [6.45, 7) is -0.564. The van der Waals surface area contributed by atoms with Crippen LogP contribution in [0.4, 0.5) is 17.6 Å². The number of hydrogen-bond acceptors (Lipinski definition) is 3. The van der Waals surface area contributed by atoms with E-state index < -0.39 is 41.3 Å². The van der Waals surface area contributed by atoms with Gasteiger partial charge in [0.2, 0.25) is 0 Å². The molecule has 0 unspecified atom stereocenters. The smallest absolute Gasteiger partial charge is 0.323 e. The number of benzene rings is 2. The van der Waals surface area contributed by atoms with Gasteiger partial charge in [0.1, 0.15) is 18.2 Å². The van der Waals surface area contributed by atoms with Crippen molar-refractivity contribution in [2.24, 2.45) is 0 Å². The van der Waals surface area contributed by atoms with Crippen LogP contribution in [-0.4, -0.2) is 20.6 Å². The van der Waals surface area contributed by atoms with E-state index in [0.29, 0.717) is 0 Å². The van der Waals surface area contributed by atoms with Gasteiger partial charge in [0.25, 0.3) is 5.56 Å². The Kier molecular flexibility index (Phi) is 4.93. The van der Waals surface area contributed by atoms with Crippen molar-refractivity contribution in [3.8, 4) is 0 Å². The zero-order valence-electron chi connectivity index (χ0n) is 13.7. The average molecular weight is 380 g/mol. The molecule has 0 bridgehead atoms. The van der Waals surface area contributed by atoms with Gasteiger partial charge in [-0.1, -0.05) is 6.07 Å². The van der Waals surface area contributed by atoms with E-state index in [2.05, 4.69) is 4.98 Å². The minimum absolute atomic E-state index is 0.00522. The Hall–Kier alpha value is -3.23. The third-order valence-corrected chi connectivity index (χ3v) is 4.05. The third kappa shape index (κ3) is 3.67. The lowest BCUT2D eigenvalue weighted by Gasteiger charge is -2.14. The number of hydrogen-bond donors (Lipinski definition) is 1. The Balaban J connectivity index is 2.06. The van der Waals surface area contributed by atoms with Crippen LogP contribution in [0.5, 0.6) is 0 Å². The average Bonchev–Trinajstić information content (AvgIpc) is 2.62. The van der Waals surface area contributed by atoms with Crippen LogP contribution >= 0.6 is 0 Å². The number of aliphatic carboxylic acids is 1. The molecule has 0 saturated carbocycles. The molecule has 9 heteroatoms. The molecule has 0 aliphatic rings. The summed E-state index contributed by atoms with van der Waals surface area (Å²) < 4.78 is 54.8. The van der Waals surface area contributed by atoms with Gasteiger partial charge in [-0.05, 0) is 36.2 Å². The van der Waals surface area contributed by atoms with Crippen molar-refractivity contribution in [1.82, 2.24) is 9.55 Å². The van der Waals surface area contributed by atoms with Gasteiger partial charge in [0.05, 0.1) is 10.9 Å². The predicted octanol–water partition coefficient (Wildman–Crippen LogP) is 2.82. The molecule has 3 aromatic rings. The van der Waals surface area contributed by atoms with E-state index in [1.54, 1.807) is 0 Å². The van der Waals surface area contributed by atoms with Crippen LogP contribution in [0.3, 0.4) is 0 Å². The first-order valence-electron chi connectivity index (χ1n) is 7.81. The molecule has 27 heavy (non-hydrogen) atoms. The maximum absolute atomic E-state index is 13.8. The number of halogens is 4. The Bertz CT molecular complexity index is 1110. The Morgan fingerprint density at radius 2 is 1.78 bits per heavy atom. The van der Waals surface area contributed by atoms with Crippen LogP contribution in [0, 0.1) is 23.3 Å². The number of aryl methyl sites for hydroxylation is 2. The summed E-state index contributed by atoms with van der Waals surface area (Å²) in [5.74, 6) is -6.20. The van der Waals surface area contributed by atoms with Crippen LogP contribution in [0.15, 0.2) is 35.1 Å². The number of fused-ring (bicyclic) bond motifs is 1. The highest BCUT2D eigenvalue weighted by molar-refractivity contribution is 5.80. The SMILES string of the molecule is O=C(O)Cn1c(CCc2ccc(F)c(F)c2F)nc(=O)c2cc(F)ccc21. The van der Waals surface area contributed by atoms with E-state index in [1.807, 2.05) is 0 Å². The quantitative estimate of drug-likeness (QED) is 0.546. The lowest BCUT2D eigenvalue weighted by atomic mass is 10.1. The molecule has 140 valence electrons. The van der Waals surface area contributed by atoms with Crippen molar-refractivity contribution in [3.05, 3.63) is 75.3 Å². The second kappa shape index (κ2) is 7.18. The summed E-state index contributed by atoms with van der Waals surface area (Å²) in [6, 6.07) is 5.09. The Morgan fingerprint density at radius 1 is 1.04 bits per heavy atom. The van der Waals surface area contributed by atoms with Crippen molar-refractivity contribution in [2.45, 2.75) is 19.4 Å². The molecule has 1 heterocycles. The topological polar surface area (TPSA) is 72.2 Å². The van der Waals surface area contributed by atoms with Crippen molar-refractivity contribution in [2.75, 3.05) is 0 Å². The number of carboxylic acid groups (broad SMARTS) is 1. The lowest BCUT2D eigenvalue weighted by Crippen LogP contribution is -2.23. The summed E-state index contributed by atoms with van der Waals surface area (Å²) >= 11 is 0. The fourth-order valence-corrected chi connectivity index (χ4v) is 2.80. The monoisotopic (exact) mass is 380 g/mol. The van der Waals surface area contributed by atoms with Crippen LogP contribution in [0.25, 0.3) is 10.9 Å². The van der Waals surface area contributed by atoms with E-state index in [9.17, 15) is 27.2 Å². The predicted molar refractivity (Wildman–Crippen MR) is 87.3 cm³/mol. The molecule has 5 nitrogen and oxygen atoms in total. The highest BCUT2D eigenvalue weighted by atomic mass is 19.2. The first-order valence-corrected chi connectivity index (χ1v) is 7.81. The van der Waals surface area contributed by atoms with Crippen molar-refractivity contribution < 1.29 is 27.5 Å². The molecule has 0 spiro atoms. The van der Waals surface area contributed by atoms with Gasteiger partial charge in [-0.2, -0.15) is 4.98 Å². The zero-order valence-corrected chi connectivity index (χ0v) is 13.7. The Morgan fingerprint density at radius 3 is 2.48 bits per heavy atom. The van der Waals surface area contributed by atoms with E-state index in [1.165, 1.54) is 10.6 Å². The fourth-order valence-electron chi connectivity index (χ4n) is 2.80. The minimum atomic E-state index is -1.61. The summed E-state index contributed by atoms with van der Waals surface area (Å²) in [5.41, 5.74) is -0.768. The zero-order chi connectivity index (χ0) is 19.7. The second-order valence-corrected chi connectivity index (χ2v) is 5.81. The van der Waals surface area contributed by atoms with Gasteiger partial charge in [-0.15, -0.1) is 0 Å². The molecule has 0 aliphatic heterocycles. The largest absolute Gasteiger partial charge is 0.480 e. The fraction of sp³-hybridized carbons (Fsp3) is 0.167. The molecule has 1 N–H and O–H groups in total. The van der Waals surface area contributed by atoms with Gasteiger partial charge in [-0.3, -0.25) is 9.59 Å². The first-order chi connectivity index (χ1) is 12.8. The summed E-state index contributed by atoms with van der Waals surface area (Å²) in [6.07, 6.45) is -0.264. The molecule has 0 fully saturated rings. The molecular formula is C18H12F4N2O3. The van der Waals surface area contributed by atoms with E-state index in [4.69, 9.17) is 5.11 Å². The minimum Gasteiger partial charge on any atom is -0.480 e. The number of rotatable bonds is 5. The van der Waals surface area contributed by atoms with Gasteiger partial charge >= 0.3 is 5.97 Å². The number of carbonyl (C=O) groups is 1. The van der Waals surface area contributed by atoms with Gasteiger partial charge < -0.3 is 9.67 Å². The molecule has 0 amide bonds. The molecule has 0 aliphatic carbocycles. The Labute approximate surface area is 149 Å². The van der Waals surface area contributed by atoms with Crippen molar-refractivity contribution >= 4 is 16.9 Å². The molecule has 0 radical (unpaired) electrons. The molecule has 3 rings (SSSR count). The molecule has 0 atom stereocenters. The van der Waals surface area contributed by atoms with E-state index >= 15 is 0 Å². The maximum atomic E-state index is 13.8. The molecule has 2 aromatic carbocycles. The summed E-state index contributed by atoms with van der Waals surface area (Å²) in [5, 5.41) is 9.02. The lowest BCUT2D eigenvalue weighted by molar-refractivity contribution is -0.137. The second-order valence-electron chi connectivity index (χ2n) is 5.81. The van der Waals surface area contributed by atoms with Gasteiger partial charge in [0.15, 0.2) is 17.5 Å². The van der Waals surface area contributed by atoms with Crippen LogP contribution < -0.4 is 5.56 Å². The van der Waals surface area contributed by atoms with Crippen molar-refractivity contribution in [3.63, 3.8) is 0 Å². The van der Waals surface area contributed by atoms with E-state index in [0.717, 1.165) is 24.3 Å². The third-order valence-electron chi connectivity index (χ3n) is 4.05. The molecular weight excluding hydrogens is 368 g/mol. The van der Waals surface area contributed by atoms with Crippen LogP contribution in [0.1, 0.15) is 11.4 Å². The van der Waals surface area contributed by atoms with Crippen LogP contribution in [-0.2, 0) is 24.2 Å². The maximum Gasteiger partial charge on any atom is 0.323 e. The normalized spacial score (nSPS) is 11.1. The van der Waals surface area contributed by atoms with Crippen LogP contribution in [0.2, 0.25) is 0 Å². The summed E-state index contributed by atoms with van der Waals surface area (Å²) in [4.78, 5) is 27.1. The summed E-state index contributed by atoms with van der Waals surface area (Å²) in [7, 11) is 0. The number of aromatic nitrogens is 2. The van der Waals surface area contributed by atoms with E-state index in [-0.39, 0.29) is 35.1 Å². The van der Waals surface area contributed by atoms with Crippen molar-refractivity contribution in [1.29, 1.82) is 0 Å². The number of nitrogens with zero attached hydrogens (tertiary/aromatic N) is 2. The standard InChI is InChI=1S/C18H12F4N2O3/c19-10-3-5-13-11(7-10)18(27)23-14(24(13)8-15(25)26)6-2-9-1-4-12(20)17(22)16(9)21/h1,3-5,7H,2,6,8H2,(H,25,26). The first kappa shape index (κ1) is 18.6. The van der Waals surface area contributed by atoms with Gasteiger partial charge in [0, 0.05) is 6.42 Å². The van der Waals surface area contributed by atoms with Gasteiger partial charge in [-0.25, -0.2) is 17.6 Å². The highest BCUT2D eigenvalue weighted by Gasteiger charge is 2.17. The highest BCUT2D eigenvalue weighted by Crippen LogP contribution is 2.18. The number of carboxylic acids is 1. The molecule has 0 saturated heterocycles. The molecule has 1 aromatic heterocycles.